The molecule has 0 aromatic heterocycles. The molecule has 3 rings (SSSR count). The Labute approximate surface area is 207 Å². The maximum Gasteiger partial charge on any atom is 0.321 e. The molecule has 178 valence electrons. The number of benzene rings is 3. The van der Waals surface area contributed by atoms with Crippen molar-refractivity contribution in [3.63, 3.8) is 0 Å². The largest absolute Gasteiger partial charge is 0.480 e. The lowest BCUT2D eigenvalue weighted by molar-refractivity contribution is -0.139. The van der Waals surface area contributed by atoms with Crippen molar-refractivity contribution < 1.29 is 23.1 Å². The van der Waals surface area contributed by atoms with Gasteiger partial charge in [0.05, 0.1) is 4.90 Å². The lowest BCUT2D eigenvalue weighted by Crippen LogP contribution is -2.41. The molecule has 0 heterocycles. The number of hydrogen-bond donors (Lipinski definition) is 3. The van der Waals surface area contributed by atoms with Crippen LogP contribution in [0.3, 0.4) is 0 Å². The molecule has 3 aromatic carbocycles. The van der Waals surface area contributed by atoms with Crippen LogP contribution >= 0.6 is 23.2 Å². The maximum atomic E-state index is 12.7. The van der Waals surface area contributed by atoms with E-state index < -0.39 is 22.0 Å². The van der Waals surface area contributed by atoms with Gasteiger partial charge in [-0.2, -0.15) is 4.72 Å². The van der Waals surface area contributed by atoms with E-state index in [-0.39, 0.29) is 30.2 Å². The summed E-state index contributed by atoms with van der Waals surface area (Å²) in [5.41, 5.74) is 2.04. The van der Waals surface area contributed by atoms with Crippen molar-refractivity contribution in [3.8, 4) is 11.1 Å². The first kappa shape index (κ1) is 25.7. The van der Waals surface area contributed by atoms with Crippen molar-refractivity contribution in [1.82, 2.24) is 10.0 Å². The molecule has 3 aromatic rings. The van der Waals surface area contributed by atoms with Crippen LogP contribution in [0.1, 0.15) is 23.2 Å². The minimum atomic E-state index is -4.07. The van der Waals surface area contributed by atoms with Gasteiger partial charge < -0.3 is 10.4 Å². The molecule has 10 heteroatoms. The number of carboxylic acid groups (broad SMARTS) is 1. The van der Waals surface area contributed by atoms with E-state index in [1.54, 1.807) is 42.5 Å². The number of carbonyl (C=O) groups is 2. The second kappa shape index (κ2) is 11.5. The number of sulfonamides is 1. The van der Waals surface area contributed by atoms with Crippen molar-refractivity contribution in [3.05, 3.63) is 88.4 Å². The molecule has 1 amide bonds. The second-order valence-corrected chi connectivity index (χ2v) is 10.0. The summed E-state index contributed by atoms with van der Waals surface area (Å²) in [6, 6.07) is 18.3. The van der Waals surface area contributed by atoms with E-state index in [1.165, 1.54) is 18.2 Å². The Morgan fingerprint density at radius 2 is 1.50 bits per heavy atom. The van der Waals surface area contributed by atoms with Crippen molar-refractivity contribution in [2.24, 2.45) is 0 Å². The van der Waals surface area contributed by atoms with Gasteiger partial charge >= 0.3 is 5.97 Å². The summed E-state index contributed by atoms with van der Waals surface area (Å²) in [5, 5.41) is 13.2. The van der Waals surface area contributed by atoms with Crippen molar-refractivity contribution in [2.75, 3.05) is 6.54 Å². The Hall–Kier alpha value is -2.91. The number of carboxylic acids is 1. The Balaban J connectivity index is 1.58. The smallest absolute Gasteiger partial charge is 0.321 e. The maximum absolute atomic E-state index is 12.7. The highest BCUT2D eigenvalue weighted by Crippen LogP contribution is 2.23. The van der Waals surface area contributed by atoms with Crippen LogP contribution in [0.2, 0.25) is 10.0 Å². The average molecular weight is 521 g/mol. The van der Waals surface area contributed by atoms with Gasteiger partial charge in [-0.25, -0.2) is 8.42 Å². The van der Waals surface area contributed by atoms with Crippen LogP contribution in [0.5, 0.6) is 0 Å². The van der Waals surface area contributed by atoms with Crippen LogP contribution in [-0.2, 0) is 14.8 Å². The summed E-state index contributed by atoms with van der Waals surface area (Å²) >= 11 is 11.8. The topological polar surface area (TPSA) is 113 Å². The van der Waals surface area contributed by atoms with E-state index in [2.05, 4.69) is 10.0 Å². The summed E-state index contributed by atoms with van der Waals surface area (Å²) in [6.45, 7) is 0.173. The number of rotatable bonds is 10. The van der Waals surface area contributed by atoms with Gasteiger partial charge in [0.2, 0.25) is 10.0 Å². The minimum Gasteiger partial charge on any atom is -0.480 e. The number of amides is 1. The van der Waals surface area contributed by atoms with E-state index >= 15 is 0 Å². The van der Waals surface area contributed by atoms with E-state index in [9.17, 15) is 23.1 Å². The fourth-order valence-corrected chi connectivity index (χ4v) is 4.74. The first-order valence-electron chi connectivity index (χ1n) is 10.3. The number of halogens is 2. The molecule has 0 saturated heterocycles. The van der Waals surface area contributed by atoms with E-state index in [1.807, 2.05) is 12.1 Å². The number of carbonyl (C=O) groups excluding carboxylic acids is 1. The quantitative estimate of drug-likeness (QED) is 0.338. The Kier molecular flexibility index (Phi) is 8.68. The Morgan fingerprint density at radius 1 is 0.882 bits per heavy atom. The fourth-order valence-electron chi connectivity index (χ4n) is 3.20. The van der Waals surface area contributed by atoms with Gasteiger partial charge in [0.25, 0.3) is 5.91 Å². The number of nitrogens with one attached hydrogen (secondary N) is 2. The van der Waals surface area contributed by atoms with Crippen molar-refractivity contribution in [2.45, 2.75) is 23.8 Å². The van der Waals surface area contributed by atoms with Crippen LogP contribution in [-0.4, -0.2) is 38.0 Å². The SMILES string of the molecule is O=C(NCCC[C@H](NS(=O)(=O)c1ccc(-c2ccc(Cl)cc2)cc1)C(=O)O)c1cccc(Cl)c1. The molecule has 7 nitrogen and oxygen atoms in total. The Bertz CT molecular complexity index is 1260. The molecule has 0 fully saturated rings. The molecule has 1 atom stereocenters. The standard InChI is InChI=1S/C24H22Cl2N2O5S/c25-19-10-6-16(7-11-19)17-8-12-21(13-9-17)34(32,33)28-22(24(30)31)5-2-14-27-23(29)18-3-1-4-20(26)15-18/h1,3-4,6-13,15,22,28H,2,5,14H2,(H,27,29)(H,30,31)/t22-/m0/s1. The van der Waals surface area contributed by atoms with Gasteiger partial charge in [0, 0.05) is 22.2 Å². The van der Waals surface area contributed by atoms with Gasteiger partial charge in [-0.05, 0) is 66.4 Å². The summed E-state index contributed by atoms with van der Waals surface area (Å²) in [7, 11) is -4.07. The number of aliphatic carboxylic acids is 1. The van der Waals surface area contributed by atoms with E-state index in [4.69, 9.17) is 23.2 Å². The predicted molar refractivity (Wildman–Crippen MR) is 132 cm³/mol. The van der Waals surface area contributed by atoms with Gasteiger partial charge in [0.15, 0.2) is 0 Å². The van der Waals surface area contributed by atoms with Crippen molar-refractivity contribution in [1.29, 1.82) is 0 Å². The summed E-state index contributed by atoms with van der Waals surface area (Å²) < 4.78 is 27.7. The van der Waals surface area contributed by atoms with Crippen LogP contribution in [0.4, 0.5) is 0 Å². The summed E-state index contributed by atoms with van der Waals surface area (Å²) in [4.78, 5) is 23.7. The van der Waals surface area contributed by atoms with Crippen LogP contribution in [0.25, 0.3) is 11.1 Å². The highest BCUT2D eigenvalue weighted by atomic mass is 35.5. The molecule has 0 aliphatic rings. The van der Waals surface area contributed by atoms with Gasteiger partial charge in [-0.3, -0.25) is 9.59 Å². The molecule has 0 unspecified atom stereocenters. The van der Waals surface area contributed by atoms with Crippen molar-refractivity contribution >= 4 is 45.1 Å². The molecule has 0 aliphatic carbocycles. The average Bonchev–Trinajstić information content (AvgIpc) is 2.81. The molecule has 0 radical (unpaired) electrons. The summed E-state index contributed by atoms with van der Waals surface area (Å²) in [6.07, 6.45) is 0.245. The summed E-state index contributed by atoms with van der Waals surface area (Å²) in [5.74, 6) is -1.65. The lowest BCUT2D eigenvalue weighted by atomic mass is 10.1. The zero-order valence-electron chi connectivity index (χ0n) is 17.9. The first-order chi connectivity index (χ1) is 16.2. The second-order valence-electron chi connectivity index (χ2n) is 7.45. The van der Waals surface area contributed by atoms with Gasteiger partial charge in [-0.1, -0.05) is 53.5 Å². The van der Waals surface area contributed by atoms with E-state index in [0.717, 1.165) is 11.1 Å². The van der Waals surface area contributed by atoms with Gasteiger partial charge in [-0.15, -0.1) is 0 Å². The predicted octanol–water partition coefficient (Wildman–Crippen LogP) is 4.60. The minimum absolute atomic E-state index is 0.00670. The third kappa shape index (κ3) is 7.04. The lowest BCUT2D eigenvalue weighted by Gasteiger charge is -2.15. The number of hydrogen-bond acceptors (Lipinski definition) is 4. The van der Waals surface area contributed by atoms with Crippen LogP contribution < -0.4 is 10.0 Å². The normalized spacial score (nSPS) is 12.2. The molecule has 0 spiro atoms. The highest BCUT2D eigenvalue weighted by molar-refractivity contribution is 7.89. The molecule has 0 bridgehead atoms. The first-order valence-corrected chi connectivity index (χ1v) is 12.5. The molecule has 0 aliphatic heterocycles. The molecule has 34 heavy (non-hydrogen) atoms. The molecule has 3 N–H and O–H groups in total. The third-order valence-electron chi connectivity index (χ3n) is 4.98. The third-order valence-corrected chi connectivity index (χ3v) is 6.95. The molecular weight excluding hydrogens is 499 g/mol. The monoisotopic (exact) mass is 520 g/mol. The fraction of sp³-hybridized carbons (Fsp3) is 0.167. The zero-order valence-corrected chi connectivity index (χ0v) is 20.2. The van der Waals surface area contributed by atoms with Crippen LogP contribution in [0, 0.1) is 0 Å². The van der Waals surface area contributed by atoms with Crippen LogP contribution in [0.15, 0.2) is 77.7 Å². The highest BCUT2D eigenvalue weighted by Gasteiger charge is 2.25. The molecular formula is C24H22Cl2N2O5S. The van der Waals surface area contributed by atoms with E-state index in [0.29, 0.717) is 15.6 Å². The molecule has 0 saturated carbocycles. The Morgan fingerprint density at radius 3 is 2.09 bits per heavy atom. The van der Waals surface area contributed by atoms with Gasteiger partial charge in [0.1, 0.15) is 6.04 Å². The zero-order chi connectivity index (χ0) is 24.7.